The highest BCUT2D eigenvalue weighted by Crippen LogP contribution is 2.33. The lowest BCUT2D eigenvalue weighted by atomic mass is 10.1. The summed E-state index contributed by atoms with van der Waals surface area (Å²) >= 11 is 6.09. The van der Waals surface area contributed by atoms with Gasteiger partial charge in [-0.25, -0.2) is 0 Å². The van der Waals surface area contributed by atoms with E-state index in [1.807, 2.05) is 49.4 Å². The van der Waals surface area contributed by atoms with Crippen molar-refractivity contribution in [1.29, 1.82) is 0 Å². The summed E-state index contributed by atoms with van der Waals surface area (Å²) in [6, 6.07) is 14.8. The normalized spacial score (nSPS) is 16.8. The van der Waals surface area contributed by atoms with E-state index in [1.54, 1.807) is 15.9 Å². The highest BCUT2D eigenvalue weighted by atomic mass is 35.5. The second-order valence-electron chi connectivity index (χ2n) is 6.27. The van der Waals surface area contributed by atoms with Gasteiger partial charge in [0.2, 0.25) is 12.3 Å². The highest BCUT2D eigenvalue weighted by molar-refractivity contribution is 6.32. The molecule has 136 valence electrons. The van der Waals surface area contributed by atoms with Crippen molar-refractivity contribution < 1.29 is 14.3 Å². The van der Waals surface area contributed by atoms with Crippen molar-refractivity contribution in [3.63, 3.8) is 0 Å². The van der Waals surface area contributed by atoms with Gasteiger partial charge in [0, 0.05) is 13.1 Å². The maximum atomic E-state index is 12.8. The number of anilines is 2. The number of carbonyl (C=O) groups is 2. The number of rotatable bonds is 6. The first-order chi connectivity index (χ1) is 12.6. The third kappa shape index (κ3) is 3.83. The van der Waals surface area contributed by atoms with Crippen LogP contribution in [0.15, 0.2) is 48.5 Å². The zero-order valence-corrected chi connectivity index (χ0v) is 15.4. The first-order valence-corrected chi connectivity index (χ1v) is 8.99. The second-order valence-corrected chi connectivity index (χ2v) is 6.68. The summed E-state index contributed by atoms with van der Waals surface area (Å²) in [5, 5.41) is 0.568. The number of amides is 2. The summed E-state index contributed by atoms with van der Waals surface area (Å²) in [4.78, 5) is 27.6. The molecule has 1 atom stereocenters. The van der Waals surface area contributed by atoms with Crippen LogP contribution < -0.4 is 14.5 Å². The fourth-order valence-corrected chi connectivity index (χ4v) is 3.28. The van der Waals surface area contributed by atoms with Crippen molar-refractivity contribution in [2.24, 2.45) is 5.92 Å². The zero-order valence-electron chi connectivity index (χ0n) is 14.6. The Balaban J connectivity index is 1.72. The van der Waals surface area contributed by atoms with E-state index >= 15 is 0 Å². The Kier molecular flexibility index (Phi) is 5.78. The molecular formula is C20H21ClN2O3. The SMILES string of the molecule is CC1CN(C=O)c2ccccc2N(CCCOc2ccccc2Cl)C1=O. The molecule has 0 N–H and O–H groups in total. The van der Waals surface area contributed by atoms with Gasteiger partial charge in [0.1, 0.15) is 5.75 Å². The molecule has 0 spiro atoms. The van der Waals surface area contributed by atoms with E-state index < -0.39 is 0 Å². The van der Waals surface area contributed by atoms with Gasteiger partial charge in [0.15, 0.2) is 0 Å². The topological polar surface area (TPSA) is 49.9 Å². The molecule has 1 heterocycles. The smallest absolute Gasteiger partial charge is 0.231 e. The van der Waals surface area contributed by atoms with E-state index in [9.17, 15) is 9.59 Å². The van der Waals surface area contributed by atoms with Gasteiger partial charge < -0.3 is 14.5 Å². The molecule has 2 amide bonds. The van der Waals surface area contributed by atoms with Crippen molar-refractivity contribution >= 4 is 35.3 Å². The Bertz CT molecular complexity index is 796. The van der Waals surface area contributed by atoms with Crippen LogP contribution in [0.1, 0.15) is 13.3 Å². The van der Waals surface area contributed by atoms with Crippen LogP contribution in [0.5, 0.6) is 5.75 Å². The van der Waals surface area contributed by atoms with Crippen molar-refractivity contribution in [3.05, 3.63) is 53.6 Å². The molecule has 3 rings (SSSR count). The molecule has 2 aromatic rings. The van der Waals surface area contributed by atoms with Crippen LogP contribution >= 0.6 is 11.6 Å². The minimum atomic E-state index is -0.267. The Hall–Kier alpha value is -2.53. The van der Waals surface area contributed by atoms with Crippen molar-refractivity contribution in [1.82, 2.24) is 0 Å². The molecular weight excluding hydrogens is 352 g/mol. The summed E-state index contributed by atoms with van der Waals surface area (Å²) in [5.74, 6) is 0.383. The van der Waals surface area contributed by atoms with Crippen LogP contribution in [0.25, 0.3) is 0 Å². The first-order valence-electron chi connectivity index (χ1n) is 8.61. The summed E-state index contributed by atoms with van der Waals surface area (Å²) in [6.45, 7) is 3.18. The number of para-hydroxylation sites is 3. The average Bonchev–Trinajstić information content (AvgIpc) is 2.76. The molecule has 2 aromatic carbocycles. The van der Waals surface area contributed by atoms with Gasteiger partial charge in [0.05, 0.1) is 28.9 Å². The zero-order chi connectivity index (χ0) is 18.5. The van der Waals surface area contributed by atoms with Crippen LogP contribution in [0.3, 0.4) is 0 Å². The van der Waals surface area contributed by atoms with Crippen LogP contribution in [0.4, 0.5) is 11.4 Å². The van der Waals surface area contributed by atoms with Gasteiger partial charge in [-0.2, -0.15) is 0 Å². The molecule has 0 saturated heterocycles. The largest absolute Gasteiger partial charge is 0.492 e. The third-order valence-electron chi connectivity index (χ3n) is 4.39. The molecule has 0 aromatic heterocycles. The fourth-order valence-electron chi connectivity index (χ4n) is 3.09. The van der Waals surface area contributed by atoms with Crippen molar-refractivity contribution in [3.8, 4) is 5.75 Å². The first kappa shape index (κ1) is 18.3. The van der Waals surface area contributed by atoms with Gasteiger partial charge in [-0.3, -0.25) is 9.59 Å². The molecule has 0 radical (unpaired) electrons. The number of hydrogen-bond donors (Lipinski definition) is 0. The lowest BCUT2D eigenvalue weighted by Crippen LogP contribution is -2.37. The fraction of sp³-hybridized carbons (Fsp3) is 0.300. The number of ether oxygens (including phenoxy) is 1. The van der Waals surface area contributed by atoms with E-state index in [2.05, 4.69) is 0 Å². The van der Waals surface area contributed by atoms with E-state index in [4.69, 9.17) is 16.3 Å². The van der Waals surface area contributed by atoms with Crippen LogP contribution in [0, 0.1) is 5.92 Å². The summed E-state index contributed by atoms with van der Waals surface area (Å²) in [6.07, 6.45) is 1.44. The van der Waals surface area contributed by atoms with E-state index in [1.165, 1.54) is 0 Å². The third-order valence-corrected chi connectivity index (χ3v) is 4.70. The van der Waals surface area contributed by atoms with Gasteiger partial charge in [-0.05, 0) is 30.7 Å². The number of fused-ring (bicyclic) bond motifs is 1. The average molecular weight is 373 g/mol. The minimum absolute atomic E-state index is 0.0135. The van der Waals surface area contributed by atoms with Gasteiger partial charge in [-0.15, -0.1) is 0 Å². The van der Waals surface area contributed by atoms with E-state index in [0.717, 1.165) is 17.8 Å². The molecule has 26 heavy (non-hydrogen) atoms. The maximum Gasteiger partial charge on any atom is 0.231 e. The van der Waals surface area contributed by atoms with Crippen molar-refractivity contribution in [2.75, 3.05) is 29.5 Å². The number of nitrogens with zero attached hydrogens (tertiary/aromatic N) is 2. The molecule has 1 aliphatic heterocycles. The quantitative estimate of drug-likeness (QED) is 0.573. The van der Waals surface area contributed by atoms with E-state index in [0.29, 0.717) is 36.9 Å². The second kappa shape index (κ2) is 8.23. The number of carbonyl (C=O) groups excluding carboxylic acids is 2. The monoisotopic (exact) mass is 372 g/mol. The Morgan fingerprint density at radius 1 is 1.15 bits per heavy atom. The molecule has 6 heteroatoms. The Labute approximate surface area is 158 Å². The molecule has 5 nitrogen and oxygen atoms in total. The summed E-state index contributed by atoms with van der Waals surface area (Å²) in [5.41, 5.74) is 1.51. The molecule has 0 bridgehead atoms. The van der Waals surface area contributed by atoms with Crippen LogP contribution in [-0.2, 0) is 9.59 Å². The van der Waals surface area contributed by atoms with Gasteiger partial charge in [-0.1, -0.05) is 42.8 Å². The molecule has 1 aliphatic rings. The van der Waals surface area contributed by atoms with Gasteiger partial charge in [0.25, 0.3) is 0 Å². The Morgan fingerprint density at radius 3 is 2.58 bits per heavy atom. The van der Waals surface area contributed by atoms with Crippen LogP contribution in [-0.4, -0.2) is 32.0 Å². The molecule has 0 aliphatic carbocycles. The molecule has 0 saturated carbocycles. The van der Waals surface area contributed by atoms with Crippen molar-refractivity contribution in [2.45, 2.75) is 13.3 Å². The predicted octanol–water partition coefficient (Wildman–Crippen LogP) is 3.75. The number of hydrogen-bond acceptors (Lipinski definition) is 3. The minimum Gasteiger partial charge on any atom is -0.492 e. The predicted molar refractivity (Wildman–Crippen MR) is 103 cm³/mol. The molecule has 1 unspecified atom stereocenters. The van der Waals surface area contributed by atoms with Gasteiger partial charge >= 0.3 is 0 Å². The number of halogens is 1. The summed E-state index contributed by atoms with van der Waals surface area (Å²) in [7, 11) is 0. The summed E-state index contributed by atoms with van der Waals surface area (Å²) < 4.78 is 5.71. The standard InChI is InChI=1S/C20H21ClN2O3/c1-15-13-22(14-24)17-8-3-4-9-18(17)23(20(15)25)11-6-12-26-19-10-5-2-7-16(19)21/h2-5,7-10,14-15H,6,11-13H2,1H3. The number of benzene rings is 2. The lowest BCUT2D eigenvalue weighted by molar-refractivity contribution is -0.121. The Morgan fingerprint density at radius 2 is 1.85 bits per heavy atom. The lowest BCUT2D eigenvalue weighted by Gasteiger charge is -2.24. The molecule has 0 fully saturated rings. The van der Waals surface area contributed by atoms with Crippen LogP contribution in [0.2, 0.25) is 5.02 Å². The van der Waals surface area contributed by atoms with E-state index in [-0.39, 0.29) is 11.8 Å². The maximum absolute atomic E-state index is 12.8. The highest BCUT2D eigenvalue weighted by Gasteiger charge is 2.30.